The number of ether oxygens (including phenoxy) is 1. The van der Waals surface area contributed by atoms with Crippen LogP contribution in [0.5, 0.6) is 0 Å². The number of morpholine rings is 1. The summed E-state index contributed by atoms with van der Waals surface area (Å²) in [6.07, 6.45) is 1.15. The number of urea groups is 1. The SMILES string of the molecule is CCC[C@H](NC(=O)N1CCOCC1(C)C)C(=O)O. The number of aliphatic carboxylic acids is 1. The molecule has 0 bridgehead atoms. The van der Waals surface area contributed by atoms with E-state index in [0.717, 1.165) is 0 Å². The molecular weight excluding hydrogens is 236 g/mol. The molecule has 0 saturated carbocycles. The van der Waals surface area contributed by atoms with E-state index in [4.69, 9.17) is 9.84 Å². The molecule has 1 saturated heterocycles. The van der Waals surface area contributed by atoms with Gasteiger partial charge in [0.25, 0.3) is 0 Å². The Morgan fingerprint density at radius 3 is 2.67 bits per heavy atom. The van der Waals surface area contributed by atoms with Crippen molar-refractivity contribution in [2.45, 2.75) is 45.2 Å². The summed E-state index contributed by atoms with van der Waals surface area (Å²) in [5.41, 5.74) is -0.405. The first-order chi connectivity index (χ1) is 8.38. The minimum atomic E-state index is -0.990. The lowest BCUT2D eigenvalue weighted by Crippen LogP contribution is -2.60. The van der Waals surface area contributed by atoms with Crippen LogP contribution >= 0.6 is 0 Å². The summed E-state index contributed by atoms with van der Waals surface area (Å²) >= 11 is 0. The van der Waals surface area contributed by atoms with Gasteiger partial charge in [-0.1, -0.05) is 13.3 Å². The fourth-order valence-corrected chi connectivity index (χ4v) is 2.01. The predicted molar refractivity (Wildman–Crippen MR) is 66.5 cm³/mol. The van der Waals surface area contributed by atoms with Crippen molar-refractivity contribution in [1.29, 1.82) is 0 Å². The number of carboxylic acid groups (broad SMARTS) is 1. The molecule has 0 aromatic heterocycles. The molecule has 18 heavy (non-hydrogen) atoms. The van der Waals surface area contributed by atoms with Crippen LogP contribution in [0.3, 0.4) is 0 Å². The highest BCUT2D eigenvalue weighted by Gasteiger charge is 2.35. The summed E-state index contributed by atoms with van der Waals surface area (Å²) in [6, 6.07) is -1.15. The smallest absolute Gasteiger partial charge is 0.326 e. The van der Waals surface area contributed by atoms with Gasteiger partial charge in [0.15, 0.2) is 0 Å². The second kappa shape index (κ2) is 6.04. The first-order valence-electron chi connectivity index (χ1n) is 6.27. The number of amides is 2. The Kier molecular flexibility index (Phi) is 4.95. The molecule has 1 aliphatic heterocycles. The van der Waals surface area contributed by atoms with Gasteiger partial charge in [-0.3, -0.25) is 0 Å². The van der Waals surface area contributed by atoms with Crippen LogP contribution in [0.4, 0.5) is 4.79 Å². The minimum absolute atomic E-state index is 0.329. The average molecular weight is 258 g/mol. The standard InChI is InChI=1S/C12H22N2O4/c1-4-5-9(10(15)16)13-11(17)14-6-7-18-8-12(14,2)3/h9H,4-8H2,1-3H3,(H,13,17)(H,15,16)/t9-/m0/s1. The van der Waals surface area contributed by atoms with E-state index in [1.54, 1.807) is 4.90 Å². The molecule has 1 fully saturated rings. The fraction of sp³-hybridized carbons (Fsp3) is 0.833. The van der Waals surface area contributed by atoms with Crippen LogP contribution in [-0.4, -0.2) is 53.3 Å². The molecule has 104 valence electrons. The molecule has 1 atom stereocenters. The monoisotopic (exact) mass is 258 g/mol. The Bertz CT molecular complexity index is 317. The van der Waals surface area contributed by atoms with E-state index in [9.17, 15) is 9.59 Å². The summed E-state index contributed by atoms with van der Waals surface area (Å²) in [4.78, 5) is 24.8. The number of carboxylic acids is 1. The Morgan fingerprint density at radius 1 is 1.50 bits per heavy atom. The summed E-state index contributed by atoms with van der Waals surface area (Å²) in [5.74, 6) is -0.990. The average Bonchev–Trinajstić information content (AvgIpc) is 2.27. The molecule has 1 aliphatic rings. The molecule has 0 unspecified atom stereocenters. The molecule has 6 nitrogen and oxygen atoms in total. The summed E-state index contributed by atoms with van der Waals surface area (Å²) < 4.78 is 5.33. The molecule has 0 aliphatic carbocycles. The van der Waals surface area contributed by atoms with Crippen LogP contribution in [0.2, 0.25) is 0 Å². The zero-order valence-corrected chi connectivity index (χ0v) is 11.2. The lowest BCUT2D eigenvalue weighted by Gasteiger charge is -2.42. The number of nitrogens with zero attached hydrogens (tertiary/aromatic N) is 1. The molecule has 1 rings (SSSR count). The highest BCUT2D eigenvalue weighted by atomic mass is 16.5. The van der Waals surface area contributed by atoms with Gasteiger partial charge in [0.1, 0.15) is 6.04 Å². The van der Waals surface area contributed by atoms with Crippen molar-refractivity contribution in [2.24, 2.45) is 0 Å². The van der Waals surface area contributed by atoms with Crippen molar-refractivity contribution in [1.82, 2.24) is 10.2 Å². The molecule has 0 aromatic carbocycles. The van der Waals surface area contributed by atoms with Crippen molar-refractivity contribution >= 4 is 12.0 Å². The minimum Gasteiger partial charge on any atom is -0.480 e. The van der Waals surface area contributed by atoms with Crippen molar-refractivity contribution < 1.29 is 19.4 Å². The van der Waals surface area contributed by atoms with E-state index < -0.39 is 17.6 Å². The van der Waals surface area contributed by atoms with Gasteiger partial charge in [-0.25, -0.2) is 9.59 Å². The molecule has 2 N–H and O–H groups in total. The molecule has 6 heteroatoms. The molecule has 0 radical (unpaired) electrons. The number of carbonyl (C=O) groups excluding carboxylic acids is 1. The molecule has 2 amide bonds. The third-order valence-corrected chi connectivity index (χ3v) is 3.06. The van der Waals surface area contributed by atoms with Crippen LogP contribution in [-0.2, 0) is 9.53 Å². The largest absolute Gasteiger partial charge is 0.480 e. The second-order valence-corrected chi connectivity index (χ2v) is 5.15. The van der Waals surface area contributed by atoms with E-state index in [0.29, 0.717) is 32.6 Å². The molecule has 0 aromatic rings. The highest BCUT2D eigenvalue weighted by Crippen LogP contribution is 2.19. The summed E-state index contributed by atoms with van der Waals surface area (Å²) in [7, 11) is 0. The van der Waals surface area contributed by atoms with E-state index in [1.807, 2.05) is 20.8 Å². The Morgan fingerprint density at radius 2 is 2.17 bits per heavy atom. The van der Waals surface area contributed by atoms with Crippen LogP contribution < -0.4 is 5.32 Å². The Hall–Kier alpha value is -1.30. The highest BCUT2D eigenvalue weighted by molar-refractivity contribution is 5.83. The summed E-state index contributed by atoms with van der Waals surface area (Å²) in [5, 5.41) is 11.6. The lowest BCUT2D eigenvalue weighted by molar-refractivity contribution is -0.139. The fourth-order valence-electron chi connectivity index (χ4n) is 2.01. The van der Waals surface area contributed by atoms with Crippen LogP contribution in [0.1, 0.15) is 33.6 Å². The number of rotatable bonds is 4. The maximum Gasteiger partial charge on any atom is 0.326 e. The lowest BCUT2D eigenvalue weighted by atomic mass is 10.0. The number of hydrogen-bond donors (Lipinski definition) is 2. The van der Waals surface area contributed by atoms with Crippen molar-refractivity contribution in [3.63, 3.8) is 0 Å². The number of hydrogen-bond acceptors (Lipinski definition) is 3. The maximum absolute atomic E-state index is 12.1. The third-order valence-electron chi connectivity index (χ3n) is 3.06. The third kappa shape index (κ3) is 3.60. The van der Waals surface area contributed by atoms with Gasteiger partial charge in [-0.05, 0) is 20.3 Å². The maximum atomic E-state index is 12.1. The van der Waals surface area contributed by atoms with Gasteiger partial charge >= 0.3 is 12.0 Å². The Labute approximate surface area is 107 Å². The quantitative estimate of drug-likeness (QED) is 0.790. The van der Waals surface area contributed by atoms with Crippen molar-refractivity contribution in [3.05, 3.63) is 0 Å². The normalized spacial score (nSPS) is 20.3. The molecule has 0 spiro atoms. The molecule has 1 heterocycles. The van der Waals surface area contributed by atoms with Gasteiger partial charge in [-0.15, -0.1) is 0 Å². The predicted octanol–water partition coefficient (Wildman–Crippen LogP) is 1.06. The van der Waals surface area contributed by atoms with Gasteiger partial charge < -0.3 is 20.1 Å². The van der Waals surface area contributed by atoms with Crippen LogP contribution in [0.15, 0.2) is 0 Å². The topological polar surface area (TPSA) is 78.9 Å². The number of carbonyl (C=O) groups is 2. The van der Waals surface area contributed by atoms with E-state index in [-0.39, 0.29) is 6.03 Å². The number of nitrogens with one attached hydrogen (secondary N) is 1. The van der Waals surface area contributed by atoms with Crippen molar-refractivity contribution in [2.75, 3.05) is 19.8 Å². The van der Waals surface area contributed by atoms with E-state index >= 15 is 0 Å². The van der Waals surface area contributed by atoms with Gasteiger partial charge in [0.2, 0.25) is 0 Å². The second-order valence-electron chi connectivity index (χ2n) is 5.15. The first-order valence-corrected chi connectivity index (χ1v) is 6.27. The van der Waals surface area contributed by atoms with Gasteiger partial charge in [0, 0.05) is 6.54 Å². The zero-order chi connectivity index (χ0) is 13.8. The van der Waals surface area contributed by atoms with Crippen LogP contribution in [0, 0.1) is 0 Å². The van der Waals surface area contributed by atoms with Gasteiger partial charge in [-0.2, -0.15) is 0 Å². The van der Waals surface area contributed by atoms with E-state index in [2.05, 4.69) is 5.32 Å². The zero-order valence-electron chi connectivity index (χ0n) is 11.2. The summed E-state index contributed by atoms with van der Waals surface area (Å²) in [6.45, 7) is 7.13. The van der Waals surface area contributed by atoms with Crippen LogP contribution in [0.25, 0.3) is 0 Å². The van der Waals surface area contributed by atoms with Crippen molar-refractivity contribution in [3.8, 4) is 0 Å². The molecular formula is C12H22N2O4. The Balaban J connectivity index is 2.65. The van der Waals surface area contributed by atoms with Gasteiger partial charge in [0.05, 0.1) is 18.8 Å². The first kappa shape index (κ1) is 14.8. The van der Waals surface area contributed by atoms with E-state index in [1.165, 1.54) is 0 Å².